The Labute approximate surface area is 116 Å². The zero-order valence-corrected chi connectivity index (χ0v) is 12.2. The van der Waals surface area contributed by atoms with Gasteiger partial charge in [-0.2, -0.15) is 0 Å². The van der Waals surface area contributed by atoms with E-state index in [1.165, 1.54) is 9.13 Å². The SMILES string of the molecule is Cc1ccc(NC(=O)C2CCNC2C)cc1I. The molecule has 0 aliphatic carbocycles. The molecule has 2 rings (SSSR count). The highest BCUT2D eigenvalue weighted by Gasteiger charge is 2.29. The molecule has 0 aromatic heterocycles. The van der Waals surface area contributed by atoms with Crippen LogP contribution in [0.2, 0.25) is 0 Å². The highest BCUT2D eigenvalue weighted by atomic mass is 127. The van der Waals surface area contributed by atoms with Crippen molar-refractivity contribution in [3.05, 3.63) is 27.3 Å². The van der Waals surface area contributed by atoms with E-state index in [-0.39, 0.29) is 17.9 Å². The van der Waals surface area contributed by atoms with E-state index in [2.05, 4.69) is 47.1 Å². The highest BCUT2D eigenvalue weighted by Crippen LogP contribution is 2.20. The van der Waals surface area contributed by atoms with E-state index in [1.807, 2.05) is 18.2 Å². The van der Waals surface area contributed by atoms with Gasteiger partial charge in [0.25, 0.3) is 0 Å². The first-order valence-corrected chi connectivity index (χ1v) is 6.96. The molecule has 92 valence electrons. The molecule has 1 aromatic rings. The topological polar surface area (TPSA) is 41.1 Å². The maximum absolute atomic E-state index is 12.1. The minimum absolute atomic E-state index is 0.0916. The molecule has 2 unspecified atom stereocenters. The summed E-state index contributed by atoms with van der Waals surface area (Å²) in [6.45, 7) is 5.07. The summed E-state index contributed by atoms with van der Waals surface area (Å²) >= 11 is 2.29. The lowest BCUT2D eigenvalue weighted by Crippen LogP contribution is -2.32. The Bertz CT molecular complexity index is 433. The predicted molar refractivity (Wildman–Crippen MR) is 78.1 cm³/mol. The molecule has 4 heteroatoms. The lowest BCUT2D eigenvalue weighted by atomic mass is 10.0. The standard InChI is InChI=1S/C13H17IN2O/c1-8-3-4-10(7-12(8)14)16-13(17)11-5-6-15-9(11)2/h3-4,7,9,11,15H,5-6H2,1-2H3,(H,16,17). The number of rotatable bonds is 2. The molecule has 0 bridgehead atoms. The number of carbonyl (C=O) groups excluding carboxylic acids is 1. The van der Waals surface area contributed by atoms with Gasteiger partial charge >= 0.3 is 0 Å². The molecule has 1 amide bonds. The van der Waals surface area contributed by atoms with Crippen LogP contribution in [-0.4, -0.2) is 18.5 Å². The number of aryl methyl sites for hydroxylation is 1. The normalized spacial score (nSPS) is 23.7. The second kappa shape index (κ2) is 5.35. The van der Waals surface area contributed by atoms with Gasteiger partial charge in [0.2, 0.25) is 5.91 Å². The zero-order valence-electron chi connectivity index (χ0n) is 10.1. The van der Waals surface area contributed by atoms with E-state index in [0.717, 1.165) is 18.7 Å². The molecule has 3 nitrogen and oxygen atoms in total. The van der Waals surface area contributed by atoms with Crippen LogP contribution in [0.1, 0.15) is 18.9 Å². The predicted octanol–water partition coefficient (Wildman–Crippen LogP) is 2.54. The molecule has 17 heavy (non-hydrogen) atoms. The molecule has 2 atom stereocenters. The molecular weight excluding hydrogens is 327 g/mol. The third kappa shape index (κ3) is 2.98. The van der Waals surface area contributed by atoms with Crippen molar-refractivity contribution >= 4 is 34.2 Å². The maximum Gasteiger partial charge on any atom is 0.229 e. The summed E-state index contributed by atoms with van der Waals surface area (Å²) < 4.78 is 1.18. The lowest BCUT2D eigenvalue weighted by Gasteiger charge is -2.15. The van der Waals surface area contributed by atoms with Gasteiger partial charge in [-0.1, -0.05) is 6.07 Å². The molecule has 1 aromatic carbocycles. The van der Waals surface area contributed by atoms with Gasteiger partial charge in [-0.05, 0) is 67.1 Å². The van der Waals surface area contributed by atoms with Gasteiger partial charge in [0, 0.05) is 15.3 Å². The smallest absolute Gasteiger partial charge is 0.229 e. The summed E-state index contributed by atoms with van der Waals surface area (Å²) in [6, 6.07) is 6.29. The molecule has 1 aliphatic heterocycles. The van der Waals surface area contributed by atoms with E-state index in [0.29, 0.717) is 0 Å². The van der Waals surface area contributed by atoms with Gasteiger partial charge in [0.1, 0.15) is 0 Å². The van der Waals surface area contributed by atoms with Gasteiger partial charge in [0.15, 0.2) is 0 Å². The first kappa shape index (κ1) is 12.8. The van der Waals surface area contributed by atoms with Crippen molar-refractivity contribution in [3.63, 3.8) is 0 Å². The number of hydrogen-bond donors (Lipinski definition) is 2. The summed E-state index contributed by atoms with van der Waals surface area (Å²) in [6.07, 6.45) is 0.927. The van der Waals surface area contributed by atoms with Crippen molar-refractivity contribution < 1.29 is 4.79 Å². The van der Waals surface area contributed by atoms with Gasteiger partial charge < -0.3 is 10.6 Å². The number of hydrogen-bond acceptors (Lipinski definition) is 2. The van der Waals surface area contributed by atoms with Crippen molar-refractivity contribution in [1.29, 1.82) is 0 Å². The Morgan fingerprint density at radius 3 is 2.88 bits per heavy atom. The fraction of sp³-hybridized carbons (Fsp3) is 0.462. The van der Waals surface area contributed by atoms with Crippen LogP contribution in [0, 0.1) is 16.4 Å². The van der Waals surface area contributed by atoms with E-state index in [9.17, 15) is 4.79 Å². The van der Waals surface area contributed by atoms with Crippen LogP contribution in [0.3, 0.4) is 0 Å². The highest BCUT2D eigenvalue weighted by molar-refractivity contribution is 14.1. The number of nitrogens with one attached hydrogen (secondary N) is 2. The van der Waals surface area contributed by atoms with Gasteiger partial charge in [-0.15, -0.1) is 0 Å². The Hall–Kier alpha value is -0.620. The Morgan fingerprint density at radius 1 is 1.53 bits per heavy atom. The van der Waals surface area contributed by atoms with Gasteiger partial charge in [-0.25, -0.2) is 0 Å². The maximum atomic E-state index is 12.1. The molecule has 0 radical (unpaired) electrons. The second-order valence-electron chi connectivity index (χ2n) is 4.59. The molecule has 0 saturated carbocycles. The third-order valence-electron chi connectivity index (χ3n) is 3.30. The second-order valence-corrected chi connectivity index (χ2v) is 5.75. The monoisotopic (exact) mass is 344 g/mol. The largest absolute Gasteiger partial charge is 0.326 e. The average Bonchev–Trinajstić information content (AvgIpc) is 2.70. The van der Waals surface area contributed by atoms with Crippen molar-refractivity contribution in [3.8, 4) is 0 Å². The molecule has 1 heterocycles. The molecule has 1 fully saturated rings. The fourth-order valence-corrected chi connectivity index (χ4v) is 2.64. The van der Waals surface area contributed by atoms with Crippen LogP contribution in [0.5, 0.6) is 0 Å². The Balaban J connectivity index is 2.05. The molecular formula is C13H17IN2O. The molecule has 1 aliphatic rings. The number of halogens is 1. The lowest BCUT2D eigenvalue weighted by molar-refractivity contribution is -0.119. The average molecular weight is 344 g/mol. The van der Waals surface area contributed by atoms with Crippen LogP contribution in [0.25, 0.3) is 0 Å². The Morgan fingerprint density at radius 2 is 2.29 bits per heavy atom. The summed E-state index contributed by atoms with van der Waals surface area (Å²) in [5.74, 6) is 0.219. The van der Waals surface area contributed by atoms with Crippen molar-refractivity contribution in [1.82, 2.24) is 5.32 Å². The van der Waals surface area contributed by atoms with E-state index >= 15 is 0 Å². The molecule has 0 spiro atoms. The number of amides is 1. The third-order valence-corrected chi connectivity index (χ3v) is 4.46. The van der Waals surface area contributed by atoms with Gasteiger partial charge in [0.05, 0.1) is 5.92 Å². The van der Waals surface area contributed by atoms with Crippen molar-refractivity contribution in [2.24, 2.45) is 5.92 Å². The molecule has 2 N–H and O–H groups in total. The van der Waals surface area contributed by atoms with Crippen molar-refractivity contribution in [2.45, 2.75) is 26.3 Å². The van der Waals surface area contributed by atoms with Crippen LogP contribution in [0.4, 0.5) is 5.69 Å². The van der Waals surface area contributed by atoms with E-state index in [1.54, 1.807) is 0 Å². The van der Waals surface area contributed by atoms with Crippen LogP contribution in [0.15, 0.2) is 18.2 Å². The van der Waals surface area contributed by atoms with E-state index < -0.39 is 0 Å². The van der Waals surface area contributed by atoms with Crippen LogP contribution in [-0.2, 0) is 4.79 Å². The van der Waals surface area contributed by atoms with Crippen molar-refractivity contribution in [2.75, 3.05) is 11.9 Å². The van der Waals surface area contributed by atoms with Gasteiger partial charge in [-0.3, -0.25) is 4.79 Å². The number of benzene rings is 1. The van der Waals surface area contributed by atoms with Crippen LogP contribution < -0.4 is 10.6 Å². The number of anilines is 1. The Kier molecular flexibility index (Phi) is 4.04. The zero-order chi connectivity index (χ0) is 12.4. The van der Waals surface area contributed by atoms with Crippen LogP contribution >= 0.6 is 22.6 Å². The summed E-state index contributed by atoms with van der Waals surface area (Å²) in [5, 5.41) is 6.29. The minimum Gasteiger partial charge on any atom is -0.326 e. The molecule has 1 saturated heterocycles. The number of carbonyl (C=O) groups is 1. The van der Waals surface area contributed by atoms with E-state index in [4.69, 9.17) is 0 Å². The minimum atomic E-state index is 0.0916. The fourth-order valence-electron chi connectivity index (χ4n) is 2.12. The first-order valence-electron chi connectivity index (χ1n) is 5.88. The summed E-state index contributed by atoms with van der Waals surface area (Å²) in [7, 11) is 0. The quantitative estimate of drug-likeness (QED) is 0.810. The summed E-state index contributed by atoms with van der Waals surface area (Å²) in [4.78, 5) is 12.1. The first-order chi connectivity index (χ1) is 8.08. The summed E-state index contributed by atoms with van der Waals surface area (Å²) in [5.41, 5.74) is 2.13.